The highest BCUT2D eigenvalue weighted by Gasteiger charge is 2.25. The van der Waals surface area contributed by atoms with Crippen LogP contribution >= 0.6 is 0 Å². The molecule has 2 atom stereocenters. The summed E-state index contributed by atoms with van der Waals surface area (Å²) >= 11 is 0. The lowest BCUT2D eigenvalue weighted by Crippen LogP contribution is -2.52. The Bertz CT molecular complexity index is 200. The SMILES string of the molecule is CCCCC(CC)C(=O)NC(C)(CC)CN. The molecule has 2 unspecified atom stereocenters. The molecule has 0 aliphatic carbocycles. The number of hydrogen-bond acceptors (Lipinski definition) is 2. The van der Waals surface area contributed by atoms with Crippen LogP contribution in [0.2, 0.25) is 0 Å². The van der Waals surface area contributed by atoms with Gasteiger partial charge in [0.05, 0.1) is 0 Å². The minimum atomic E-state index is -0.239. The van der Waals surface area contributed by atoms with Gasteiger partial charge in [0.15, 0.2) is 0 Å². The van der Waals surface area contributed by atoms with E-state index in [1.807, 2.05) is 6.92 Å². The molecule has 0 radical (unpaired) electrons. The molecule has 0 bridgehead atoms. The molecule has 0 saturated heterocycles. The number of carbonyl (C=O) groups is 1. The van der Waals surface area contributed by atoms with Gasteiger partial charge in [0, 0.05) is 18.0 Å². The Kier molecular flexibility index (Phi) is 7.39. The number of carbonyl (C=O) groups excluding carboxylic acids is 1. The van der Waals surface area contributed by atoms with Gasteiger partial charge in [-0.3, -0.25) is 4.79 Å². The molecule has 0 aromatic carbocycles. The number of amides is 1. The van der Waals surface area contributed by atoms with Gasteiger partial charge in [-0.2, -0.15) is 0 Å². The van der Waals surface area contributed by atoms with Crippen LogP contribution in [0.1, 0.15) is 59.8 Å². The number of nitrogens with one attached hydrogen (secondary N) is 1. The maximum atomic E-state index is 12.0. The minimum absolute atomic E-state index is 0.150. The van der Waals surface area contributed by atoms with Crippen molar-refractivity contribution in [3.05, 3.63) is 0 Å². The van der Waals surface area contributed by atoms with Gasteiger partial charge in [0.2, 0.25) is 5.91 Å². The molecular formula is C13H28N2O. The van der Waals surface area contributed by atoms with Crippen molar-refractivity contribution in [3.8, 4) is 0 Å². The fourth-order valence-corrected chi connectivity index (χ4v) is 1.65. The van der Waals surface area contributed by atoms with Crippen molar-refractivity contribution in [2.24, 2.45) is 11.7 Å². The van der Waals surface area contributed by atoms with Crippen molar-refractivity contribution in [2.45, 2.75) is 65.3 Å². The van der Waals surface area contributed by atoms with E-state index in [0.29, 0.717) is 6.54 Å². The van der Waals surface area contributed by atoms with Crippen LogP contribution in [-0.2, 0) is 4.79 Å². The summed E-state index contributed by atoms with van der Waals surface area (Å²) in [6.07, 6.45) is 5.04. The Morgan fingerprint density at radius 1 is 1.38 bits per heavy atom. The van der Waals surface area contributed by atoms with Gasteiger partial charge < -0.3 is 11.1 Å². The van der Waals surface area contributed by atoms with Crippen molar-refractivity contribution in [3.63, 3.8) is 0 Å². The quantitative estimate of drug-likeness (QED) is 0.670. The van der Waals surface area contributed by atoms with Crippen LogP contribution < -0.4 is 11.1 Å². The molecule has 3 nitrogen and oxygen atoms in total. The van der Waals surface area contributed by atoms with Crippen molar-refractivity contribution in [2.75, 3.05) is 6.54 Å². The summed E-state index contributed by atoms with van der Waals surface area (Å²) in [7, 11) is 0. The average Bonchev–Trinajstić information content (AvgIpc) is 2.29. The normalized spacial score (nSPS) is 16.6. The van der Waals surface area contributed by atoms with Gasteiger partial charge in [-0.25, -0.2) is 0 Å². The average molecular weight is 228 g/mol. The highest BCUT2D eigenvalue weighted by Crippen LogP contribution is 2.15. The summed E-state index contributed by atoms with van der Waals surface area (Å²) in [6.45, 7) is 8.79. The molecule has 0 rings (SSSR count). The lowest BCUT2D eigenvalue weighted by Gasteiger charge is -2.30. The zero-order chi connectivity index (χ0) is 12.6. The predicted molar refractivity (Wildman–Crippen MR) is 69.2 cm³/mol. The first kappa shape index (κ1) is 15.4. The van der Waals surface area contributed by atoms with Crippen LogP contribution in [0.25, 0.3) is 0 Å². The fraction of sp³-hybridized carbons (Fsp3) is 0.923. The van der Waals surface area contributed by atoms with E-state index in [0.717, 1.165) is 32.1 Å². The van der Waals surface area contributed by atoms with Crippen LogP contribution in [0, 0.1) is 5.92 Å². The maximum Gasteiger partial charge on any atom is 0.223 e. The molecule has 16 heavy (non-hydrogen) atoms. The van der Waals surface area contributed by atoms with E-state index in [9.17, 15) is 4.79 Å². The largest absolute Gasteiger partial charge is 0.349 e. The Labute approximate surface area is 100 Å². The van der Waals surface area contributed by atoms with E-state index >= 15 is 0 Å². The van der Waals surface area contributed by atoms with E-state index in [-0.39, 0.29) is 17.4 Å². The van der Waals surface area contributed by atoms with Crippen molar-refractivity contribution >= 4 is 5.91 Å². The molecular weight excluding hydrogens is 200 g/mol. The Balaban J connectivity index is 4.29. The number of rotatable bonds is 8. The van der Waals surface area contributed by atoms with Crippen LogP contribution in [0.15, 0.2) is 0 Å². The predicted octanol–water partition coefficient (Wildman–Crippen LogP) is 2.45. The summed E-state index contributed by atoms with van der Waals surface area (Å²) in [6, 6.07) is 0. The second-order valence-corrected chi connectivity index (χ2v) is 4.85. The first-order valence-electron chi connectivity index (χ1n) is 6.55. The van der Waals surface area contributed by atoms with E-state index in [1.54, 1.807) is 0 Å². The molecule has 0 aliphatic heterocycles. The third-order valence-corrected chi connectivity index (χ3v) is 3.43. The molecule has 0 aromatic heterocycles. The van der Waals surface area contributed by atoms with Gasteiger partial charge in [0.25, 0.3) is 0 Å². The molecule has 3 heteroatoms. The first-order chi connectivity index (χ1) is 7.52. The Hall–Kier alpha value is -0.570. The number of unbranched alkanes of at least 4 members (excludes halogenated alkanes) is 1. The van der Waals surface area contributed by atoms with Crippen molar-refractivity contribution in [1.29, 1.82) is 0 Å². The number of hydrogen-bond donors (Lipinski definition) is 2. The standard InChI is InChI=1S/C13H28N2O/c1-5-8-9-11(6-2)12(16)15-13(4,7-3)10-14/h11H,5-10,14H2,1-4H3,(H,15,16). The Morgan fingerprint density at radius 3 is 2.38 bits per heavy atom. The molecule has 0 saturated carbocycles. The summed E-state index contributed by atoms with van der Waals surface area (Å²) in [5, 5.41) is 3.09. The third-order valence-electron chi connectivity index (χ3n) is 3.43. The summed E-state index contributed by atoms with van der Waals surface area (Å²) in [4.78, 5) is 12.0. The smallest absolute Gasteiger partial charge is 0.223 e. The summed E-state index contributed by atoms with van der Waals surface area (Å²) < 4.78 is 0. The summed E-state index contributed by atoms with van der Waals surface area (Å²) in [5.41, 5.74) is 5.45. The molecule has 0 spiro atoms. The van der Waals surface area contributed by atoms with Crippen LogP contribution in [0.4, 0.5) is 0 Å². The first-order valence-corrected chi connectivity index (χ1v) is 6.55. The monoisotopic (exact) mass is 228 g/mol. The fourth-order valence-electron chi connectivity index (χ4n) is 1.65. The molecule has 96 valence electrons. The lowest BCUT2D eigenvalue weighted by atomic mass is 9.94. The maximum absolute atomic E-state index is 12.0. The highest BCUT2D eigenvalue weighted by atomic mass is 16.2. The third kappa shape index (κ3) is 4.97. The molecule has 0 aliphatic rings. The second kappa shape index (κ2) is 7.66. The van der Waals surface area contributed by atoms with Crippen LogP contribution in [0.5, 0.6) is 0 Å². The zero-order valence-corrected chi connectivity index (χ0v) is 11.3. The van der Waals surface area contributed by atoms with Crippen molar-refractivity contribution < 1.29 is 4.79 Å². The number of nitrogens with two attached hydrogens (primary N) is 1. The van der Waals surface area contributed by atoms with E-state index < -0.39 is 0 Å². The van der Waals surface area contributed by atoms with E-state index in [1.165, 1.54) is 0 Å². The van der Waals surface area contributed by atoms with Gasteiger partial charge in [-0.15, -0.1) is 0 Å². The molecule has 0 fully saturated rings. The second-order valence-electron chi connectivity index (χ2n) is 4.85. The zero-order valence-electron chi connectivity index (χ0n) is 11.3. The molecule has 3 N–H and O–H groups in total. The van der Waals surface area contributed by atoms with Gasteiger partial charge >= 0.3 is 0 Å². The molecule has 1 amide bonds. The van der Waals surface area contributed by atoms with Crippen LogP contribution in [0.3, 0.4) is 0 Å². The van der Waals surface area contributed by atoms with Crippen LogP contribution in [-0.4, -0.2) is 18.0 Å². The summed E-state index contributed by atoms with van der Waals surface area (Å²) in [5.74, 6) is 0.322. The van der Waals surface area contributed by atoms with Gasteiger partial charge in [0.1, 0.15) is 0 Å². The van der Waals surface area contributed by atoms with E-state index in [2.05, 4.69) is 26.1 Å². The minimum Gasteiger partial charge on any atom is -0.349 e. The van der Waals surface area contributed by atoms with Gasteiger partial charge in [-0.05, 0) is 26.2 Å². The van der Waals surface area contributed by atoms with Gasteiger partial charge in [-0.1, -0.05) is 33.6 Å². The lowest BCUT2D eigenvalue weighted by molar-refractivity contribution is -0.127. The topological polar surface area (TPSA) is 55.1 Å². The Morgan fingerprint density at radius 2 is 2.00 bits per heavy atom. The molecule has 0 aromatic rings. The highest BCUT2D eigenvalue weighted by molar-refractivity contribution is 5.79. The van der Waals surface area contributed by atoms with E-state index in [4.69, 9.17) is 5.73 Å². The molecule has 0 heterocycles. The van der Waals surface area contributed by atoms with Crippen molar-refractivity contribution in [1.82, 2.24) is 5.32 Å².